The molecule has 0 radical (unpaired) electrons. The summed E-state index contributed by atoms with van der Waals surface area (Å²) in [4.78, 5) is 0. The van der Waals surface area contributed by atoms with Crippen LogP contribution in [-0.4, -0.2) is 13.2 Å². The van der Waals surface area contributed by atoms with Crippen molar-refractivity contribution in [1.82, 2.24) is 0 Å². The van der Waals surface area contributed by atoms with Gasteiger partial charge < -0.3 is 9.47 Å². The second-order valence-corrected chi connectivity index (χ2v) is 5.28. The highest BCUT2D eigenvalue weighted by Crippen LogP contribution is 2.37. The minimum absolute atomic E-state index is 0.0831. The van der Waals surface area contributed by atoms with Gasteiger partial charge in [0, 0.05) is 0 Å². The number of alkyl halides is 1. The van der Waals surface area contributed by atoms with E-state index in [1.807, 2.05) is 18.2 Å². The number of ether oxygens (including phenoxy) is 2. The Morgan fingerprint density at radius 2 is 1.60 bits per heavy atom. The van der Waals surface area contributed by atoms with E-state index in [1.54, 1.807) is 6.07 Å². The Bertz CT molecular complexity index is 646. The van der Waals surface area contributed by atoms with Gasteiger partial charge >= 0.3 is 0 Å². The molecule has 0 spiro atoms. The fraction of sp³-hybridized carbons (Fsp3) is 0.200. The van der Waals surface area contributed by atoms with Crippen molar-refractivity contribution in [2.24, 2.45) is 0 Å². The maximum absolute atomic E-state index is 13.5. The molecule has 1 aliphatic heterocycles. The number of hydrogen-bond donors (Lipinski definition) is 0. The third-order valence-corrected chi connectivity index (χ3v) is 3.91. The maximum atomic E-state index is 13.5. The van der Waals surface area contributed by atoms with Gasteiger partial charge in [-0.2, -0.15) is 0 Å². The summed E-state index contributed by atoms with van der Waals surface area (Å²) in [6, 6.07) is 10.0. The van der Waals surface area contributed by atoms with Crippen molar-refractivity contribution in [1.29, 1.82) is 0 Å². The van der Waals surface area contributed by atoms with Crippen molar-refractivity contribution in [2.45, 2.75) is 5.38 Å². The zero-order valence-corrected chi connectivity index (χ0v) is 11.9. The van der Waals surface area contributed by atoms with Gasteiger partial charge in [0.2, 0.25) is 0 Å². The van der Waals surface area contributed by atoms with Gasteiger partial charge in [-0.25, -0.2) is 4.39 Å². The van der Waals surface area contributed by atoms with Gasteiger partial charge in [-0.05, 0) is 35.4 Å². The summed E-state index contributed by atoms with van der Waals surface area (Å²) in [6.07, 6.45) is 0. The number of benzene rings is 2. The number of fused-ring (bicyclic) bond motifs is 1. The quantitative estimate of drug-likeness (QED) is 0.756. The van der Waals surface area contributed by atoms with E-state index in [1.165, 1.54) is 12.1 Å². The lowest BCUT2D eigenvalue weighted by Gasteiger charge is -2.20. The van der Waals surface area contributed by atoms with E-state index in [-0.39, 0.29) is 5.02 Å². The highest BCUT2D eigenvalue weighted by atomic mass is 35.5. The number of halogens is 3. The van der Waals surface area contributed by atoms with Crippen LogP contribution < -0.4 is 9.47 Å². The molecule has 1 heterocycles. The topological polar surface area (TPSA) is 18.5 Å². The van der Waals surface area contributed by atoms with Gasteiger partial charge in [-0.1, -0.05) is 23.7 Å². The second-order valence-electron chi connectivity index (χ2n) is 4.44. The first-order chi connectivity index (χ1) is 9.65. The van der Waals surface area contributed by atoms with Crippen LogP contribution in [0.25, 0.3) is 0 Å². The molecule has 2 aromatic rings. The first-order valence-corrected chi connectivity index (χ1v) is 6.95. The van der Waals surface area contributed by atoms with Gasteiger partial charge in [-0.3, -0.25) is 0 Å². The highest BCUT2D eigenvalue weighted by molar-refractivity contribution is 6.30. The molecule has 0 aliphatic carbocycles. The molecular weight excluding hydrogens is 302 g/mol. The van der Waals surface area contributed by atoms with Crippen LogP contribution in [0.4, 0.5) is 4.39 Å². The predicted octanol–water partition coefficient (Wildman–Crippen LogP) is 4.58. The Labute approximate surface area is 126 Å². The Kier molecular flexibility index (Phi) is 3.72. The standard InChI is InChI=1S/C15H11Cl2FO2/c16-11-3-1-9(7-12(11)18)15(17)10-2-4-13-14(8-10)20-6-5-19-13/h1-4,7-8,15H,5-6H2. The van der Waals surface area contributed by atoms with E-state index < -0.39 is 11.2 Å². The van der Waals surface area contributed by atoms with Crippen molar-refractivity contribution >= 4 is 23.2 Å². The van der Waals surface area contributed by atoms with Crippen LogP contribution in [0.2, 0.25) is 5.02 Å². The van der Waals surface area contributed by atoms with Crippen LogP contribution >= 0.6 is 23.2 Å². The zero-order chi connectivity index (χ0) is 14.1. The summed E-state index contributed by atoms with van der Waals surface area (Å²) >= 11 is 12.1. The SMILES string of the molecule is Fc1cc(C(Cl)c2ccc3c(c2)OCCO3)ccc1Cl. The fourth-order valence-electron chi connectivity index (χ4n) is 2.08. The first-order valence-electron chi connectivity index (χ1n) is 6.14. The van der Waals surface area contributed by atoms with Crippen LogP contribution in [0.1, 0.15) is 16.5 Å². The minimum atomic E-state index is -0.479. The van der Waals surface area contributed by atoms with Gasteiger partial charge in [0.25, 0.3) is 0 Å². The summed E-state index contributed by atoms with van der Waals surface area (Å²) in [5.41, 5.74) is 1.46. The lowest BCUT2D eigenvalue weighted by atomic mass is 10.0. The average molecular weight is 313 g/mol. The predicted molar refractivity (Wildman–Crippen MR) is 76.5 cm³/mol. The molecule has 0 saturated carbocycles. The molecule has 0 saturated heterocycles. The summed E-state index contributed by atoms with van der Waals surface area (Å²) in [5, 5.41) is -0.391. The molecule has 2 aromatic carbocycles. The Morgan fingerprint density at radius 1 is 0.950 bits per heavy atom. The first kappa shape index (κ1) is 13.5. The molecule has 3 rings (SSSR count). The molecule has 0 fully saturated rings. The van der Waals surface area contributed by atoms with E-state index in [9.17, 15) is 4.39 Å². The normalized spacial score (nSPS) is 14.9. The van der Waals surface area contributed by atoms with Crippen LogP contribution in [0.15, 0.2) is 36.4 Å². The van der Waals surface area contributed by atoms with E-state index in [4.69, 9.17) is 32.7 Å². The molecule has 0 N–H and O–H groups in total. The molecule has 1 aliphatic rings. The van der Waals surface area contributed by atoms with Crippen LogP contribution in [0, 0.1) is 5.82 Å². The minimum Gasteiger partial charge on any atom is -0.486 e. The van der Waals surface area contributed by atoms with Crippen molar-refractivity contribution in [3.05, 3.63) is 58.4 Å². The van der Waals surface area contributed by atoms with Crippen molar-refractivity contribution < 1.29 is 13.9 Å². The van der Waals surface area contributed by atoms with Gasteiger partial charge in [0.05, 0.1) is 10.4 Å². The number of hydrogen-bond acceptors (Lipinski definition) is 2. The van der Waals surface area contributed by atoms with E-state index in [0.29, 0.717) is 30.3 Å². The lowest BCUT2D eigenvalue weighted by Crippen LogP contribution is -2.15. The average Bonchev–Trinajstić information content (AvgIpc) is 2.49. The Morgan fingerprint density at radius 3 is 2.35 bits per heavy atom. The van der Waals surface area contributed by atoms with E-state index >= 15 is 0 Å². The second kappa shape index (κ2) is 5.51. The van der Waals surface area contributed by atoms with Crippen LogP contribution in [0.5, 0.6) is 11.5 Å². The Balaban J connectivity index is 1.93. The Hall–Kier alpha value is -1.45. The lowest BCUT2D eigenvalue weighted by molar-refractivity contribution is 0.171. The van der Waals surface area contributed by atoms with Crippen LogP contribution in [-0.2, 0) is 0 Å². The molecule has 5 heteroatoms. The summed E-state index contributed by atoms with van der Waals surface area (Å²) < 4.78 is 24.5. The largest absolute Gasteiger partial charge is 0.486 e. The molecule has 104 valence electrons. The molecule has 2 nitrogen and oxygen atoms in total. The van der Waals surface area contributed by atoms with Gasteiger partial charge in [0.1, 0.15) is 19.0 Å². The molecule has 1 atom stereocenters. The van der Waals surface area contributed by atoms with Crippen molar-refractivity contribution in [3.8, 4) is 11.5 Å². The molecule has 1 unspecified atom stereocenters. The molecule has 20 heavy (non-hydrogen) atoms. The van der Waals surface area contributed by atoms with Crippen LogP contribution in [0.3, 0.4) is 0 Å². The van der Waals surface area contributed by atoms with E-state index in [2.05, 4.69) is 0 Å². The van der Waals surface area contributed by atoms with E-state index in [0.717, 1.165) is 5.56 Å². The summed E-state index contributed by atoms with van der Waals surface area (Å²) in [5.74, 6) is 0.882. The molecule has 0 aromatic heterocycles. The molecule has 0 bridgehead atoms. The highest BCUT2D eigenvalue weighted by Gasteiger charge is 2.17. The third-order valence-electron chi connectivity index (χ3n) is 3.10. The van der Waals surface area contributed by atoms with Gasteiger partial charge in [-0.15, -0.1) is 11.6 Å². The summed E-state index contributed by atoms with van der Waals surface area (Å²) in [6.45, 7) is 1.05. The third kappa shape index (κ3) is 2.56. The molecule has 0 amide bonds. The van der Waals surface area contributed by atoms with Crippen molar-refractivity contribution in [3.63, 3.8) is 0 Å². The molecular formula is C15H11Cl2FO2. The zero-order valence-electron chi connectivity index (χ0n) is 10.4. The monoisotopic (exact) mass is 312 g/mol. The fourth-order valence-corrected chi connectivity index (χ4v) is 2.47. The summed E-state index contributed by atoms with van der Waals surface area (Å²) in [7, 11) is 0. The number of rotatable bonds is 2. The maximum Gasteiger partial charge on any atom is 0.161 e. The van der Waals surface area contributed by atoms with Gasteiger partial charge in [0.15, 0.2) is 11.5 Å². The van der Waals surface area contributed by atoms with Crippen molar-refractivity contribution in [2.75, 3.05) is 13.2 Å². The smallest absolute Gasteiger partial charge is 0.161 e.